The predicted octanol–water partition coefficient (Wildman–Crippen LogP) is 10.6. The Morgan fingerprint density at radius 3 is 1.04 bits per heavy atom. The minimum atomic E-state index is 0.968. The Morgan fingerprint density at radius 1 is 0.389 bits per heavy atom. The second-order valence-electron chi connectivity index (χ2n) is 13.3. The Balaban J connectivity index is 0.000000315. The van der Waals surface area contributed by atoms with Crippen molar-refractivity contribution in [2.24, 2.45) is 14.1 Å². The van der Waals surface area contributed by atoms with Crippen molar-refractivity contribution in [2.75, 3.05) is 0 Å². The third-order valence-electron chi connectivity index (χ3n) is 7.34. The Hall–Kier alpha value is -5.76. The Kier molecular flexibility index (Phi) is 22.3. The van der Waals surface area contributed by atoms with Gasteiger partial charge in [-0.05, 0) is 141 Å². The van der Waals surface area contributed by atoms with E-state index in [-0.39, 0.29) is 0 Å². The molecule has 5 aromatic heterocycles. The first kappa shape index (κ1) is 46.3. The molecule has 0 saturated heterocycles. The largest absolute Gasteiger partial charge is 0.276 e. The molecule has 54 heavy (non-hydrogen) atoms. The van der Waals surface area contributed by atoms with Gasteiger partial charge in [0.05, 0.1) is 23.3 Å². The van der Waals surface area contributed by atoms with Crippen LogP contribution in [0.3, 0.4) is 0 Å². The Bertz CT molecular complexity index is 1750. The average Bonchev–Trinajstić information content (AvgIpc) is 3.70. The molecule has 8 heteroatoms. The maximum Gasteiger partial charge on any atom is 0.0593 e. The number of pyridine rings is 2. The average molecular weight is 727 g/mol. The van der Waals surface area contributed by atoms with Crippen LogP contribution >= 0.6 is 0 Å². The van der Waals surface area contributed by atoms with Crippen molar-refractivity contribution in [3.8, 4) is 0 Å². The predicted molar refractivity (Wildman–Crippen MR) is 227 cm³/mol. The molecule has 0 bridgehead atoms. The number of nitrogens with zero attached hydrogens (tertiary/aromatic N) is 8. The first-order chi connectivity index (χ1) is 25.5. The van der Waals surface area contributed by atoms with Gasteiger partial charge in [-0.15, -0.1) is 0 Å². The molecule has 7 aromatic rings. The van der Waals surface area contributed by atoms with E-state index in [2.05, 4.69) is 132 Å². The van der Waals surface area contributed by atoms with E-state index in [1.807, 2.05) is 105 Å². The van der Waals surface area contributed by atoms with E-state index >= 15 is 0 Å². The summed E-state index contributed by atoms with van der Waals surface area (Å²) >= 11 is 0. The molecule has 0 atom stereocenters. The molecule has 2 aromatic carbocycles. The minimum absolute atomic E-state index is 0.968. The van der Waals surface area contributed by atoms with Gasteiger partial charge >= 0.3 is 0 Å². The maximum atomic E-state index is 4.04. The van der Waals surface area contributed by atoms with Gasteiger partial charge in [0, 0.05) is 62.7 Å². The fraction of sp³-hybridized carbons (Fsp3) is 0.304. The van der Waals surface area contributed by atoms with E-state index in [4.69, 9.17) is 0 Å². The second-order valence-corrected chi connectivity index (χ2v) is 13.3. The lowest BCUT2D eigenvalue weighted by Crippen LogP contribution is -1.86. The van der Waals surface area contributed by atoms with E-state index in [0.717, 1.165) is 28.5 Å². The quantitative estimate of drug-likeness (QED) is 0.155. The molecule has 0 fully saturated rings. The van der Waals surface area contributed by atoms with Crippen LogP contribution in [0.1, 0.15) is 67.4 Å². The van der Waals surface area contributed by atoms with Gasteiger partial charge in [-0.1, -0.05) is 59.7 Å². The second kappa shape index (κ2) is 26.1. The molecule has 0 unspecified atom stereocenters. The van der Waals surface area contributed by atoms with Crippen LogP contribution in [0.5, 0.6) is 0 Å². The highest BCUT2D eigenvalue weighted by atomic mass is 15.2. The molecule has 5 heterocycles. The number of benzene rings is 2. The van der Waals surface area contributed by atoms with Gasteiger partial charge in [0.1, 0.15) is 0 Å². The molecule has 7 rings (SSSR count). The van der Waals surface area contributed by atoms with Crippen molar-refractivity contribution in [1.82, 2.24) is 39.5 Å². The van der Waals surface area contributed by atoms with Crippen molar-refractivity contribution in [3.05, 3.63) is 190 Å². The molecule has 0 aliphatic carbocycles. The van der Waals surface area contributed by atoms with Crippen LogP contribution < -0.4 is 0 Å². The molecule has 0 amide bonds. The molecule has 286 valence electrons. The third kappa shape index (κ3) is 23.7. The van der Waals surface area contributed by atoms with Crippen molar-refractivity contribution in [3.63, 3.8) is 0 Å². The van der Waals surface area contributed by atoms with Crippen molar-refractivity contribution in [1.29, 1.82) is 0 Å². The van der Waals surface area contributed by atoms with Gasteiger partial charge in [0.2, 0.25) is 0 Å². The lowest BCUT2D eigenvalue weighted by molar-refractivity contribution is 0.756. The highest BCUT2D eigenvalue weighted by Gasteiger charge is 1.86. The van der Waals surface area contributed by atoms with Gasteiger partial charge < -0.3 is 0 Å². The first-order valence-electron chi connectivity index (χ1n) is 18.0. The zero-order valence-corrected chi connectivity index (χ0v) is 35.1. The molecular weight excluding hydrogens is 665 g/mol. The highest BCUT2D eigenvalue weighted by molar-refractivity contribution is 5.23. The molecule has 0 spiro atoms. The van der Waals surface area contributed by atoms with Crippen LogP contribution in [0.4, 0.5) is 0 Å². The summed E-state index contributed by atoms with van der Waals surface area (Å²) in [7, 11) is 3.82. The molecular formula is C46H62N8. The fourth-order valence-corrected chi connectivity index (χ4v) is 4.21. The molecule has 0 radical (unpaired) electrons. The monoisotopic (exact) mass is 727 g/mol. The van der Waals surface area contributed by atoms with Crippen LogP contribution in [0.15, 0.2) is 122 Å². The SMILES string of the molecule is Cc1ccc(C)cc1.Cc1ccccc1C.Cc1ccn(C)n1.Cc1ccnc(C)c1.Cc1ccnc(C)c1.Cc1cnc(C)cn1.Cc1cnn(C)c1. The number of hydrogen-bond acceptors (Lipinski definition) is 6. The molecule has 0 saturated carbocycles. The lowest BCUT2D eigenvalue weighted by atomic mass is 10.1. The standard InChI is InChI=1S/2C8H10.2C7H9N.C6H8N2.2C5H8N2/c1-7-3-5-8(2)6-4-7;1-7-5-3-4-6-8(7)2;2*1-6-3-4-8-7(2)5-6;1-5-3-8-6(2)4-7-5;1-5-3-6-7(2)4-5;1-5-3-4-7(2)6-5/h2*3-6H,1-2H3;2*3-5H,1-2H3;3-4H,1-2H3;2*3-4H,1-2H3. The van der Waals surface area contributed by atoms with Gasteiger partial charge in [-0.3, -0.25) is 29.3 Å². The summed E-state index contributed by atoms with van der Waals surface area (Å²) in [5, 5.41) is 7.96. The van der Waals surface area contributed by atoms with E-state index in [9.17, 15) is 0 Å². The number of rotatable bonds is 0. The Morgan fingerprint density at radius 2 is 0.833 bits per heavy atom. The Labute approximate surface area is 325 Å². The van der Waals surface area contributed by atoms with Crippen molar-refractivity contribution < 1.29 is 0 Å². The number of hydrogen-bond donors (Lipinski definition) is 0. The minimum Gasteiger partial charge on any atom is -0.276 e. The first-order valence-corrected chi connectivity index (χ1v) is 18.0. The summed E-state index contributed by atoms with van der Waals surface area (Å²) in [6.45, 7) is 24.4. The number of aryl methyl sites for hydroxylation is 14. The molecule has 0 N–H and O–H groups in total. The normalized spacial score (nSPS) is 9.30. The number of aromatic nitrogens is 8. The van der Waals surface area contributed by atoms with Gasteiger partial charge in [-0.2, -0.15) is 10.2 Å². The van der Waals surface area contributed by atoms with E-state index in [1.165, 1.54) is 38.9 Å². The van der Waals surface area contributed by atoms with Crippen LogP contribution in [0.2, 0.25) is 0 Å². The smallest absolute Gasteiger partial charge is 0.0593 e. The summed E-state index contributed by atoms with van der Waals surface area (Å²) in [5.74, 6) is 0. The summed E-state index contributed by atoms with van der Waals surface area (Å²) in [6.07, 6.45) is 12.9. The van der Waals surface area contributed by atoms with Crippen LogP contribution in [0.25, 0.3) is 0 Å². The summed E-state index contributed by atoms with van der Waals surface area (Å²) < 4.78 is 3.57. The van der Waals surface area contributed by atoms with E-state index < -0.39 is 0 Å². The van der Waals surface area contributed by atoms with Crippen LogP contribution in [-0.2, 0) is 14.1 Å². The summed E-state index contributed by atoms with van der Waals surface area (Å²) in [6, 6.07) is 26.9. The molecule has 0 aliphatic heterocycles. The fourth-order valence-electron chi connectivity index (χ4n) is 4.21. The zero-order valence-electron chi connectivity index (χ0n) is 35.1. The summed E-state index contributed by atoms with van der Waals surface area (Å²) in [5.41, 5.74) is 14.3. The van der Waals surface area contributed by atoms with Gasteiger partial charge in [0.25, 0.3) is 0 Å². The third-order valence-corrected chi connectivity index (χ3v) is 7.34. The van der Waals surface area contributed by atoms with Gasteiger partial charge in [-0.25, -0.2) is 0 Å². The van der Waals surface area contributed by atoms with Crippen LogP contribution in [0, 0.1) is 83.1 Å². The molecule has 0 aliphatic rings. The van der Waals surface area contributed by atoms with Crippen molar-refractivity contribution >= 4 is 0 Å². The lowest BCUT2D eigenvalue weighted by Gasteiger charge is -1.93. The van der Waals surface area contributed by atoms with E-state index in [1.54, 1.807) is 21.8 Å². The molecule has 8 nitrogen and oxygen atoms in total. The van der Waals surface area contributed by atoms with Crippen molar-refractivity contribution in [2.45, 2.75) is 83.1 Å². The summed E-state index contributed by atoms with van der Waals surface area (Å²) in [4.78, 5) is 16.1. The maximum absolute atomic E-state index is 4.04. The van der Waals surface area contributed by atoms with Crippen LogP contribution in [-0.4, -0.2) is 39.5 Å². The zero-order chi connectivity index (χ0) is 40.5. The topological polar surface area (TPSA) is 87.2 Å². The van der Waals surface area contributed by atoms with E-state index in [0.29, 0.717) is 0 Å². The van der Waals surface area contributed by atoms with Gasteiger partial charge in [0.15, 0.2) is 0 Å². The highest BCUT2D eigenvalue weighted by Crippen LogP contribution is 2.03.